The summed E-state index contributed by atoms with van der Waals surface area (Å²) >= 11 is 0. The van der Waals surface area contributed by atoms with E-state index in [9.17, 15) is 19.2 Å². The molecule has 13 nitrogen and oxygen atoms in total. The van der Waals surface area contributed by atoms with Crippen LogP contribution in [0, 0.1) is 17.2 Å². The number of nitriles is 1. The quantitative estimate of drug-likeness (QED) is 0.228. The number of rotatable bonds is 7. The van der Waals surface area contributed by atoms with Gasteiger partial charge in [-0.15, -0.1) is 0 Å². The number of imide groups is 1. The number of halogens is 1. The predicted molar refractivity (Wildman–Crippen MR) is 195 cm³/mol. The van der Waals surface area contributed by atoms with Crippen LogP contribution in [-0.4, -0.2) is 72.3 Å². The molecule has 3 aromatic heterocycles. The van der Waals surface area contributed by atoms with E-state index in [2.05, 4.69) is 20.5 Å². The van der Waals surface area contributed by atoms with Crippen molar-refractivity contribution in [3.05, 3.63) is 88.2 Å². The van der Waals surface area contributed by atoms with Crippen molar-refractivity contribution < 1.29 is 18.8 Å². The minimum atomic E-state index is -1.11. The number of hydrogen-bond acceptors (Lipinski definition) is 8. The zero-order valence-corrected chi connectivity index (χ0v) is 29.4. The summed E-state index contributed by atoms with van der Waals surface area (Å²) in [6.07, 6.45) is 5.93. The molecule has 3 amide bonds. The number of para-hydroxylation sites is 1. The van der Waals surface area contributed by atoms with Crippen molar-refractivity contribution in [2.45, 2.75) is 69.1 Å². The lowest BCUT2D eigenvalue weighted by atomic mass is 9.83. The number of fused-ring (bicyclic) bond motifs is 2. The van der Waals surface area contributed by atoms with Gasteiger partial charge in [-0.1, -0.05) is 18.2 Å². The van der Waals surface area contributed by atoms with Crippen LogP contribution in [0.5, 0.6) is 0 Å². The highest BCUT2D eigenvalue weighted by Gasteiger charge is 2.36. The summed E-state index contributed by atoms with van der Waals surface area (Å²) in [5, 5.41) is 20.1. The van der Waals surface area contributed by atoms with Gasteiger partial charge in [0.25, 0.3) is 5.91 Å². The van der Waals surface area contributed by atoms with Crippen LogP contribution in [0.25, 0.3) is 21.9 Å². The van der Waals surface area contributed by atoms with E-state index in [4.69, 9.17) is 10.4 Å². The number of pyridine rings is 1. The monoisotopic (exact) mass is 717 g/mol. The Bertz CT molecular complexity index is 2350. The molecule has 3 fully saturated rings. The molecule has 8 rings (SSSR count). The van der Waals surface area contributed by atoms with Crippen molar-refractivity contribution in [3.8, 4) is 6.07 Å². The topological polar surface area (TPSA) is 160 Å². The molecule has 1 saturated carbocycles. The molecule has 272 valence electrons. The fraction of sp³-hybridized carbons (Fsp3) is 0.410. The molecule has 2 N–H and O–H groups in total. The van der Waals surface area contributed by atoms with Gasteiger partial charge < -0.3 is 10.2 Å². The maximum Gasteiger partial charge on any atom is 0.329 e. The predicted octanol–water partition coefficient (Wildman–Crippen LogP) is 4.75. The van der Waals surface area contributed by atoms with Gasteiger partial charge in [0.2, 0.25) is 11.8 Å². The third-order valence-electron chi connectivity index (χ3n) is 11.3. The smallest absolute Gasteiger partial charge is 0.321 e. The third-order valence-corrected chi connectivity index (χ3v) is 11.3. The summed E-state index contributed by atoms with van der Waals surface area (Å²) < 4.78 is 21.1. The lowest BCUT2D eigenvalue weighted by Crippen LogP contribution is -2.44. The molecule has 3 aliphatic rings. The van der Waals surface area contributed by atoms with Gasteiger partial charge in [0.1, 0.15) is 29.7 Å². The first-order chi connectivity index (χ1) is 25.7. The van der Waals surface area contributed by atoms with Gasteiger partial charge in [-0.05, 0) is 92.9 Å². The van der Waals surface area contributed by atoms with Gasteiger partial charge >= 0.3 is 5.69 Å². The second kappa shape index (κ2) is 14.0. The van der Waals surface area contributed by atoms with E-state index < -0.39 is 18.1 Å². The zero-order chi connectivity index (χ0) is 36.8. The van der Waals surface area contributed by atoms with Gasteiger partial charge in [0.05, 0.1) is 22.6 Å². The number of carbonyl (C=O) groups is 3. The van der Waals surface area contributed by atoms with E-state index in [1.165, 1.54) is 9.13 Å². The van der Waals surface area contributed by atoms with Crippen molar-refractivity contribution in [1.82, 2.24) is 34.1 Å². The first-order valence-corrected chi connectivity index (χ1v) is 18.2. The average Bonchev–Trinajstić information content (AvgIpc) is 3.70. The highest BCUT2D eigenvalue weighted by atomic mass is 19.1. The lowest BCUT2D eigenvalue weighted by Gasteiger charge is -2.38. The Labute approximate surface area is 304 Å². The largest absolute Gasteiger partial charge is 0.329 e. The number of likely N-dealkylation sites (tertiary alicyclic amines) is 1. The minimum Gasteiger partial charge on any atom is -0.321 e. The van der Waals surface area contributed by atoms with E-state index >= 15 is 4.39 Å². The second-order valence-corrected chi connectivity index (χ2v) is 14.6. The van der Waals surface area contributed by atoms with Crippen LogP contribution in [0.3, 0.4) is 0 Å². The van der Waals surface area contributed by atoms with Crippen molar-refractivity contribution >= 4 is 45.3 Å². The summed E-state index contributed by atoms with van der Waals surface area (Å²) in [6, 6.07) is 17.3. The van der Waals surface area contributed by atoms with Crippen LogP contribution in [0.15, 0.2) is 65.6 Å². The molecule has 2 aliphatic heterocycles. The fourth-order valence-electron chi connectivity index (χ4n) is 8.57. The molecule has 2 saturated heterocycles. The first-order valence-electron chi connectivity index (χ1n) is 18.2. The van der Waals surface area contributed by atoms with Crippen LogP contribution in [0.4, 0.5) is 10.1 Å². The van der Waals surface area contributed by atoms with E-state index in [-0.39, 0.29) is 53.7 Å². The Kier molecular flexibility index (Phi) is 9.11. The normalized spacial score (nSPS) is 23.9. The van der Waals surface area contributed by atoms with Crippen molar-refractivity contribution in [2.24, 2.45) is 13.0 Å². The number of imidazole rings is 1. The molecule has 3 atom stereocenters. The molecule has 0 bridgehead atoms. The van der Waals surface area contributed by atoms with Gasteiger partial charge in [-0.25, -0.2) is 14.2 Å². The van der Waals surface area contributed by atoms with E-state index in [1.54, 1.807) is 31.3 Å². The molecule has 2 aromatic carbocycles. The number of nitrogens with one attached hydrogen (secondary N) is 2. The highest BCUT2D eigenvalue weighted by molar-refractivity contribution is 6.04. The van der Waals surface area contributed by atoms with Crippen LogP contribution in [-0.2, 0) is 16.6 Å². The number of amides is 3. The number of alkyl halides is 1. The Morgan fingerprint density at radius 2 is 1.85 bits per heavy atom. The molecular formula is C39H40FN9O4. The summed E-state index contributed by atoms with van der Waals surface area (Å²) in [5.41, 5.74) is 3.49. The molecule has 5 aromatic rings. The maximum atomic E-state index is 16.1. The van der Waals surface area contributed by atoms with Crippen molar-refractivity contribution in [2.75, 3.05) is 25.0 Å². The lowest BCUT2D eigenvalue weighted by molar-refractivity contribution is -0.135. The molecule has 53 heavy (non-hydrogen) atoms. The average molecular weight is 718 g/mol. The summed E-state index contributed by atoms with van der Waals surface area (Å²) in [7, 11) is 1.66. The molecule has 1 unspecified atom stereocenters. The molecule has 5 heterocycles. The maximum absolute atomic E-state index is 16.1. The number of carbonyl (C=O) groups excluding carboxylic acids is 3. The Balaban J connectivity index is 0.878. The number of hydrogen-bond donors (Lipinski definition) is 2. The van der Waals surface area contributed by atoms with Crippen LogP contribution < -0.4 is 16.3 Å². The van der Waals surface area contributed by atoms with Gasteiger partial charge in [0, 0.05) is 49.7 Å². The van der Waals surface area contributed by atoms with Gasteiger partial charge in [-0.3, -0.25) is 33.5 Å². The number of benzene rings is 2. The minimum absolute atomic E-state index is 0.163. The zero-order valence-electron chi connectivity index (χ0n) is 29.4. The first kappa shape index (κ1) is 34.4. The number of nitrogens with zero attached hydrogens (tertiary/aromatic N) is 7. The van der Waals surface area contributed by atoms with E-state index in [0.29, 0.717) is 35.6 Å². The summed E-state index contributed by atoms with van der Waals surface area (Å²) in [5.74, 6) is -1.13. The molecular weight excluding hydrogens is 677 g/mol. The molecule has 0 radical (unpaired) electrons. The van der Waals surface area contributed by atoms with Crippen molar-refractivity contribution in [1.29, 1.82) is 5.26 Å². The molecule has 14 heteroatoms. The standard InChI is InChI=1S/C39H40FN9O4/c1-46-36-29(5-3-7-33(36)49(39(46)53)34-14-15-35(50)44-38(34)52)28-16-17-47(22-30(28)40)20-23-8-11-27(12-9-23)48-21-24-18-25(10-13-31(24)45-48)43-37(51)32-6-2-4-26(19-41)42-32/h2-7,10,13,18,21,23,27-28,30,34H,8-9,11-12,14-17,20,22H2,1H3,(H,43,51)(H,44,50,52)/t23?,27?,28-,30+,34?/m0/s1. The SMILES string of the molecule is Cn1c(=O)n(C2CCC(=O)NC2=O)c2cccc([C@@H]3CCN(CC4CCC(n5cc6cc(NC(=O)c7cccc(C#N)n7)ccc6n5)CC4)C[C@H]3F)c21. The molecule has 1 aliphatic carbocycles. The van der Waals surface area contributed by atoms with E-state index in [1.807, 2.05) is 47.3 Å². The van der Waals surface area contributed by atoms with Crippen LogP contribution in [0.2, 0.25) is 0 Å². The Hall–Kier alpha value is -5.68. The second-order valence-electron chi connectivity index (χ2n) is 14.6. The number of aromatic nitrogens is 5. The Morgan fingerprint density at radius 1 is 1.04 bits per heavy atom. The Morgan fingerprint density at radius 3 is 2.62 bits per heavy atom. The third kappa shape index (κ3) is 6.61. The fourth-order valence-corrected chi connectivity index (χ4v) is 8.57. The summed E-state index contributed by atoms with van der Waals surface area (Å²) in [4.78, 5) is 56.9. The number of aryl methyl sites for hydroxylation is 1. The van der Waals surface area contributed by atoms with Crippen molar-refractivity contribution in [3.63, 3.8) is 0 Å². The number of anilines is 1. The van der Waals surface area contributed by atoms with E-state index in [0.717, 1.165) is 55.2 Å². The number of piperidine rings is 2. The molecule has 0 spiro atoms. The summed E-state index contributed by atoms with van der Waals surface area (Å²) in [6.45, 7) is 1.92. The van der Waals surface area contributed by atoms with Crippen LogP contribution in [0.1, 0.15) is 84.7 Å². The van der Waals surface area contributed by atoms with Gasteiger partial charge in [0.15, 0.2) is 0 Å². The van der Waals surface area contributed by atoms with Crippen LogP contribution >= 0.6 is 0 Å². The highest BCUT2D eigenvalue weighted by Crippen LogP contribution is 2.38. The van der Waals surface area contributed by atoms with Gasteiger partial charge in [-0.2, -0.15) is 10.4 Å².